The molecule has 0 atom stereocenters. The third kappa shape index (κ3) is 2.68. The van der Waals surface area contributed by atoms with Gasteiger partial charge in [-0.1, -0.05) is 6.07 Å². The fraction of sp³-hybridized carbons (Fsp3) is 0.133. The van der Waals surface area contributed by atoms with Crippen LogP contribution in [0.4, 0.5) is 0 Å². The number of fused-ring (bicyclic) bond motifs is 1. The number of aromatic nitrogens is 1. The zero-order valence-corrected chi connectivity index (χ0v) is 12.0. The normalized spacial score (nSPS) is 15.4. The minimum atomic E-state index is -3.38. The number of nitrogens with two attached hydrogens (primary N) is 1. The summed E-state index contributed by atoms with van der Waals surface area (Å²) >= 11 is 0. The summed E-state index contributed by atoms with van der Waals surface area (Å²) in [6.07, 6.45) is 3.23. The highest BCUT2D eigenvalue weighted by Crippen LogP contribution is 2.34. The first-order valence-electron chi connectivity index (χ1n) is 6.42. The van der Waals surface area contributed by atoms with Crippen LogP contribution in [0.3, 0.4) is 0 Å². The van der Waals surface area contributed by atoms with Crippen LogP contribution < -0.4 is 10.5 Å². The Morgan fingerprint density at radius 2 is 2.10 bits per heavy atom. The van der Waals surface area contributed by atoms with Crippen molar-refractivity contribution < 1.29 is 13.2 Å². The molecule has 2 heterocycles. The Labute approximate surface area is 123 Å². The molecule has 1 aliphatic rings. The van der Waals surface area contributed by atoms with Crippen LogP contribution in [-0.4, -0.2) is 20.0 Å². The van der Waals surface area contributed by atoms with E-state index in [4.69, 9.17) is 10.5 Å². The maximum Gasteiger partial charge on any atom is 0.200 e. The number of hydrogen-bond donors (Lipinski definition) is 1. The van der Waals surface area contributed by atoms with E-state index in [1.807, 2.05) is 0 Å². The highest BCUT2D eigenvalue weighted by Gasteiger charge is 2.27. The number of ether oxygens (including phenoxy) is 1. The second-order valence-corrected chi connectivity index (χ2v) is 6.47. The minimum absolute atomic E-state index is 0.173. The number of rotatable bonds is 4. The molecule has 5 nitrogen and oxygen atoms in total. The predicted octanol–water partition coefficient (Wildman–Crippen LogP) is 1.75. The Balaban J connectivity index is 1.91. The zero-order valence-electron chi connectivity index (χ0n) is 11.2. The van der Waals surface area contributed by atoms with E-state index in [0.29, 0.717) is 28.3 Å². The van der Waals surface area contributed by atoms with Crippen LogP contribution in [0.2, 0.25) is 0 Å². The molecular weight excluding hydrogens is 288 g/mol. The molecule has 21 heavy (non-hydrogen) atoms. The van der Waals surface area contributed by atoms with Crippen LogP contribution in [0.5, 0.6) is 5.75 Å². The van der Waals surface area contributed by atoms with Crippen molar-refractivity contribution in [3.63, 3.8) is 0 Å². The quantitative estimate of drug-likeness (QED) is 0.930. The van der Waals surface area contributed by atoms with Crippen molar-refractivity contribution in [3.8, 4) is 5.75 Å². The Morgan fingerprint density at radius 3 is 2.81 bits per heavy atom. The lowest BCUT2D eigenvalue weighted by Crippen LogP contribution is -2.02. The largest absolute Gasteiger partial charge is 0.487 e. The minimum Gasteiger partial charge on any atom is -0.487 e. The summed E-state index contributed by atoms with van der Waals surface area (Å²) in [5.74, 6) is 0.597. The topological polar surface area (TPSA) is 82.3 Å². The van der Waals surface area contributed by atoms with Crippen molar-refractivity contribution >= 4 is 15.4 Å². The molecule has 0 spiro atoms. The standard InChI is InChI=1S/C15H14N2O3S/c16-7-11-3-4-15-14(6-11)12(10-21(15,18)19)9-20-13-2-1-5-17-8-13/h1-6,8,10H,7,9,16H2. The second-order valence-electron chi connectivity index (χ2n) is 4.70. The summed E-state index contributed by atoms with van der Waals surface area (Å²) in [5, 5.41) is 1.26. The highest BCUT2D eigenvalue weighted by atomic mass is 32.2. The van der Waals surface area contributed by atoms with Crippen molar-refractivity contribution in [3.05, 3.63) is 59.3 Å². The summed E-state index contributed by atoms with van der Waals surface area (Å²) < 4.78 is 29.8. The lowest BCUT2D eigenvalue weighted by Gasteiger charge is -2.08. The van der Waals surface area contributed by atoms with Gasteiger partial charge in [0, 0.05) is 29.3 Å². The van der Waals surface area contributed by atoms with E-state index in [2.05, 4.69) is 4.98 Å². The maximum absolute atomic E-state index is 12.1. The molecule has 2 aromatic rings. The van der Waals surface area contributed by atoms with Crippen molar-refractivity contribution in [1.82, 2.24) is 4.98 Å². The van der Waals surface area contributed by atoms with Crippen molar-refractivity contribution in [2.45, 2.75) is 11.4 Å². The number of hydrogen-bond acceptors (Lipinski definition) is 5. The Morgan fingerprint density at radius 1 is 1.24 bits per heavy atom. The lowest BCUT2D eigenvalue weighted by atomic mass is 10.1. The molecule has 0 fully saturated rings. The van der Waals surface area contributed by atoms with Gasteiger partial charge in [0.05, 0.1) is 11.1 Å². The van der Waals surface area contributed by atoms with E-state index in [9.17, 15) is 8.42 Å². The van der Waals surface area contributed by atoms with Gasteiger partial charge >= 0.3 is 0 Å². The van der Waals surface area contributed by atoms with Crippen LogP contribution in [0.25, 0.3) is 5.57 Å². The summed E-state index contributed by atoms with van der Waals surface area (Å²) in [6, 6.07) is 8.66. The van der Waals surface area contributed by atoms with Crippen LogP contribution in [0.15, 0.2) is 53.0 Å². The van der Waals surface area contributed by atoms with Gasteiger partial charge in [0.1, 0.15) is 12.4 Å². The van der Waals surface area contributed by atoms with Gasteiger partial charge in [-0.05, 0) is 29.8 Å². The molecule has 1 aromatic carbocycles. The Kier molecular flexibility index (Phi) is 3.48. The molecule has 108 valence electrons. The van der Waals surface area contributed by atoms with Crippen LogP contribution in [-0.2, 0) is 16.4 Å². The molecule has 0 aliphatic carbocycles. The van der Waals surface area contributed by atoms with E-state index in [1.54, 1.807) is 42.7 Å². The SMILES string of the molecule is NCc1ccc2c(c1)C(COc1cccnc1)=CS2(=O)=O. The molecule has 0 bridgehead atoms. The number of pyridine rings is 1. The third-order valence-corrected chi connectivity index (χ3v) is 4.82. The highest BCUT2D eigenvalue weighted by molar-refractivity contribution is 7.95. The average molecular weight is 302 g/mol. The summed E-state index contributed by atoms with van der Waals surface area (Å²) in [4.78, 5) is 4.26. The molecule has 1 aromatic heterocycles. The molecule has 1 aliphatic heterocycles. The summed E-state index contributed by atoms with van der Waals surface area (Å²) in [5.41, 5.74) is 7.80. The smallest absolute Gasteiger partial charge is 0.200 e. The molecular formula is C15H14N2O3S. The van der Waals surface area contributed by atoms with Crippen molar-refractivity contribution in [1.29, 1.82) is 0 Å². The van der Waals surface area contributed by atoms with Gasteiger partial charge in [-0.3, -0.25) is 4.98 Å². The van der Waals surface area contributed by atoms with Crippen LogP contribution in [0, 0.1) is 0 Å². The first kappa shape index (κ1) is 13.8. The average Bonchev–Trinajstić information content (AvgIpc) is 2.77. The third-order valence-electron chi connectivity index (χ3n) is 3.26. The van der Waals surface area contributed by atoms with Gasteiger partial charge in [-0.25, -0.2) is 8.42 Å². The van der Waals surface area contributed by atoms with E-state index < -0.39 is 9.84 Å². The Hall–Kier alpha value is -2.18. The van der Waals surface area contributed by atoms with E-state index >= 15 is 0 Å². The molecule has 2 N–H and O–H groups in total. The second kappa shape index (κ2) is 5.31. The zero-order chi connectivity index (χ0) is 14.9. The molecule has 6 heteroatoms. The Bertz CT molecular complexity index is 799. The monoisotopic (exact) mass is 302 g/mol. The van der Waals surface area contributed by atoms with Crippen molar-refractivity contribution in [2.75, 3.05) is 6.61 Å². The van der Waals surface area contributed by atoms with Gasteiger partial charge in [-0.15, -0.1) is 0 Å². The molecule has 3 rings (SSSR count). The van der Waals surface area contributed by atoms with Gasteiger partial charge in [0.25, 0.3) is 0 Å². The molecule has 0 saturated heterocycles. The molecule has 0 radical (unpaired) electrons. The maximum atomic E-state index is 12.1. The van der Waals surface area contributed by atoms with Gasteiger partial charge < -0.3 is 10.5 Å². The van der Waals surface area contributed by atoms with E-state index in [0.717, 1.165) is 5.56 Å². The van der Waals surface area contributed by atoms with Gasteiger partial charge in [-0.2, -0.15) is 0 Å². The summed E-state index contributed by atoms with van der Waals surface area (Å²) in [6.45, 7) is 0.538. The van der Waals surface area contributed by atoms with E-state index in [-0.39, 0.29) is 6.61 Å². The first-order valence-corrected chi connectivity index (χ1v) is 7.96. The van der Waals surface area contributed by atoms with Crippen LogP contribution in [0.1, 0.15) is 11.1 Å². The lowest BCUT2D eigenvalue weighted by molar-refractivity contribution is 0.368. The molecule has 0 unspecified atom stereocenters. The fourth-order valence-corrected chi connectivity index (χ4v) is 3.67. The van der Waals surface area contributed by atoms with Gasteiger partial charge in [0.15, 0.2) is 0 Å². The van der Waals surface area contributed by atoms with Crippen molar-refractivity contribution in [2.24, 2.45) is 5.73 Å². The number of sulfone groups is 1. The molecule has 0 saturated carbocycles. The van der Waals surface area contributed by atoms with E-state index in [1.165, 1.54) is 5.41 Å². The number of benzene rings is 1. The molecule has 0 amide bonds. The van der Waals surface area contributed by atoms with Gasteiger partial charge in [0.2, 0.25) is 9.84 Å². The summed E-state index contributed by atoms with van der Waals surface area (Å²) in [7, 11) is -3.38. The number of nitrogens with zero attached hydrogens (tertiary/aromatic N) is 1. The van der Waals surface area contributed by atoms with Crippen LogP contribution >= 0.6 is 0 Å². The fourth-order valence-electron chi connectivity index (χ4n) is 2.22. The predicted molar refractivity (Wildman–Crippen MR) is 79.2 cm³/mol. The first-order chi connectivity index (χ1) is 10.1.